The molecule has 3 rings (SSSR count). The average Bonchev–Trinajstić information content (AvgIpc) is 3.14. The summed E-state index contributed by atoms with van der Waals surface area (Å²) >= 11 is 0. The highest BCUT2D eigenvalue weighted by molar-refractivity contribution is 6.06. The van der Waals surface area contributed by atoms with Crippen LogP contribution >= 0.6 is 0 Å². The molecule has 5 heteroatoms. The quantitative estimate of drug-likeness (QED) is 0.462. The molecule has 0 unspecified atom stereocenters. The Balaban J connectivity index is 1.42. The summed E-state index contributed by atoms with van der Waals surface area (Å²) in [5, 5.41) is 8.54. The summed E-state index contributed by atoms with van der Waals surface area (Å²) in [4.78, 5) is 14.9. The van der Waals surface area contributed by atoms with Gasteiger partial charge in [0.2, 0.25) is 0 Å². The van der Waals surface area contributed by atoms with Crippen molar-refractivity contribution in [2.45, 2.75) is 84.1 Å². The maximum Gasteiger partial charge on any atom is 0.278 e. The summed E-state index contributed by atoms with van der Waals surface area (Å²) in [6, 6.07) is 9.88. The highest BCUT2D eigenvalue weighted by Gasteiger charge is 2.30. The van der Waals surface area contributed by atoms with Gasteiger partial charge < -0.3 is 4.90 Å². The van der Waals surface area contributed by atoms with Crippen molar-refractivity contribution in [3.05, 3.63) is 41.7 Å². The number of anilines is 1. The van der Waals surface area contributed by atoms with Gasteiger partial charge >= 0.3 is 0 Å². The van der Waals surface area contributed by atoms with Crippen LogP contribution < -0.4 is 4.90 Å². The van der Waals surface area contributed by atoms with Crippen molar-refractivity contribution in [1.29, 1.82) is 0 Å². The van der Waals surface area contributed by atoms with E-state index < -0.39 is 0 Å². The predicted octanol–water partition coefficient (Wildman–Crippen LogP) is 5.40. The zero-order chi connectivity index (χ0) is 19.6. The molecule has 1 amide bonds. The smallest absolute Gasteiger partial charge is 0.278 e. The minimum Gasteiger partial charge on any atom is -0.307 e. The lowest BCUT2D eigenvalue weighted by molar-refractivity contribution is 0.0969. The molecule has 0 aliphatic carbocycles. The predicted molar refractivity (Wildman–Crippen MR) is 114 cm³/mol. The average molecular weight is 383 g/mol. The van der Waals surface area contributed by atoms with Gasteiger partial charge in [-0.1, -0.05) is 88.1 Å². The highest BCUT2D eigenvalue weighted by Crippen LogP contribution is 2.23. The number of benzene rings is 1. The lowest BCUT2D eigenvalue weighted by atomic mass is 10.1. The molecule has 0 atom stereocenters. The molecular weight excluding hydrogens is 348 g/mol. The van der Waals surface area contributed by atoms with E-state index in [-0.39, 0.29) is 5.91 Å². The Morgan fingerprint density at radius 2 is 1.54 bits per heavy atom. The van der Waals surface area contributed by atoms with Crippen molar-refractivity contribution in [3.8, 4) is 0 Å². The molecule has 1 aliphatic rings. The fraction of sp³-hybridized carbons (Fsp3) is 0.609. The van der Waals surface area contributed by atoms with E-state index in [0.29, 0.717) is 12.2 Å². The van der Waals surface area contributed by atoms with Crippen LogP contribution in [0.1, 0.15) is 87.3 Å². The second-order valence-electron chi connectivity index (χ2n) is 7.83. The van der Waals surface area contributed by atoms with Crippen molar-refractivity contribution in [2.75, 3.05) is 11.4 Å². The number of nitrogens with zero attached hydrogens (tertiary/aromatic N) is 4. The summed E-state index contributed by atoms with van der Waals surface area (Å²) in [7, 11) is 0. The molecule has 1 aromatic carbocycles. The van der Waals surface area contributed by atoms with Crippen LogP contribution in [0.4, 0.5) is 5.69 Å². The van der Waals surface area contributed by atoms with Gasteiger partial charge in [0.25, 0.3) is 5.91 Å². The van der Waals surface area contributed by atoms with Crippen molar-refractivity contribution in [3.63, 3.8) is 0 Å². The lowest BCUT2D eigenvalue weighted by Gasteiger charge is -2.26. The van der Waals surface area contributed by atoms with E-state index in [1.54, 1.807) is 0 Å². The second kappa shape index (κ2) is 11.0. The molecule has 5 nitrogen and oxygen atoms in total. The third-order valence-electron chi connectivity index (χ3n) is 5.62. The molecule has 1 aromatic heterocycles. The standard InChI is InChI=1S/C23H34N4O/c1-2-3-4-5-6-7-8-9-10-14-18-27-22-21(24-25-27)17-19-26(23(22)28)20-15-12-11-13-16-20/h11-13,15-16H,2-10,14,17-19H2,1H3. The highest BCUT2D eigenvalue weighted by atomic mass is 16.2. The number of carbonyl (C=O) groups excluding carboxylic acids is 1. The minimum atomic E-state index is 0.0320. The first-order valence-corrected chi connectivity index (χ1v) is 11.1. The van der Waals surface area contributed by atoms with E-state index in [1.807, 2.05) is 39.9 Å². The summed E-state index contributed by atoms with van der Waals surface area (Å²) in [5.41, 5.74) is 2.49. The maximum absolute atomic E-state index is 13.0. The van der Waals surface area contributed by atoms with Gasteiger partial charge in [0.1, 0.15) is 5.69 Å². The number of amides is 1. The molecule has 0 bridgehead atoms. The maximum atomic E-state index is 13.0. The first kappa shape index (κ1) is 20.6. The molecule has 0 N–H and O–H groups in total. The van der Waals surface area contributed by atoms with Gasteiger partial charge in [-0.05, 0) is 18.6 Å². The Morgan fingerprint density at radius 3 is 2.21 bits per heavy atom. The number of carbonyl (C=O) groups is 1. The Morgan fingerprint density at radius 1 is 0.893 bits per heavy atom. The zero-order valence-electron chi connectivity index (χ0n) is 17.3. The number of fused-ring (bicyclic) bond motifs is 1. The van der Waals surface area contributed by atoms with E-state index in [4.69, 9.17) is 0 Å². The van der Waals surface area contributed by atoms with Crippen LogP contribution in [-0.4, -0.2) is 27.4 Å². The van der Waals surface area contributed by atoms with Gasteiger partial charge in [-0.25, -0.2) is 4.68 Å². The van der Waals surface area contributed by atoms with Gasteiger partial charge in [0.15, 0.2) is 0 Å². The molecule has 2 aromatic rings. The SMILES string of the molecule is CCCCCCCCCCCCn1nnc2c1C(=O)N(c1ccccc1)CC2. The number of para-hydroxylation sites is 1. The molecule has 28 heavy (non-hydrogen) atoms. The molecule has 0 spiro atoms. The third-order valence-corrected chi connectivity index (χ3v) is 5.62. The summed E-state index contributed by atoms with van der Waals surface area (Å²) in [6.07, 6.45) is 13.8. The number of hydrogen-bond acceptors (Lipinski definition) is 3. The van der Waals surface area contributed by atoms with Crippen molar-refractivity contribution in [1.82, 2.24) is 15.0 Å². The Kier molecular flexibility index (Phi) is 8.07. The first-order chi connectivity index (χ1) is 13.8. The first-order valence-electron chi connectivity index (χ1n) is 11.1. The molecule has 0 saturated heterocycles. The Labute approximate surface area is 169 Å². The van der Waals surface area contributed by atoms with Crippen molar-refractivity contribution < 1.29 is 4.79 Å². The number of aryl methyl sites for hydroxylation is 1. The van der Waals surface area contributed by atoms with Gasteiger partial charge in [0, 0.05) is 25.2 Å². The molecular formula is C23H34N4O. The van der Waals surface area contributed by atoms with Crippen LogP contribution in [0.2, 0.25) is 0 Å². The fourth-order valence-corrected chi connectivity index (χ4v) is 3.96. The zero-order valence-corrected chi connectivity index (χ0v) is 17.3. The van der Waals surface area contributed by atoms with E-state index in [2.05, 4.69) is 17.2 Å². The van der Waals surface area contributed by atoms with Crippen LogP contribution in [0.15, 0.2) is 30.3 Å². The summed E-state index contributed by atoms with van der Waals surface area (Å²) in [6.45, 7) is 3.72. The Bertz CT molecular complexity index is 725. The molecule has 1 aliphatic heterocycles. The number of aromatic nitrogens is 3. The van der Waals surface area contributed by atoms with Crippen LogP contribution in [0.5, 0.6) is 0 Å². The molecule has 0 radical (unpaired) electrons. The molecule has 0 fully saturated rings. The van der Waals surface area contributed by atoms with Gasteiger partial charge in [-0.3, -0.25) is 4.79 Å². The fourth-order valence-electron chi connectivity index (χ4n) is 3.96. The minimum absolute atomic E-state index is 0.0320. The van der Waals surface area contributed by atoms with Gasteiger partial charge in [0.05, 0.1) is 5.69 Å². The second-order valence-corrected chi connectivity index (χ2v) is 7.83. The van der Waals surface area contributed by atoms with Gasteiger partial charge in [-0.2, -0.15) is 0 Å². The van der Waals surface area contributed by atoms with Crippen LogP contribution in [0.25, 0.3) is 0 Å². The van der Waals surface area contributed by atoms with Crippen LogP contribution in [-0.2, 0) is 13.0 Å². The number of hydrogen-bond donors (Lipinski definition) is 0. The number of unbranched alkanes of at least 4 members (excludes halogenated alkanes) is 9. The molecule has 152 valence electrons. The van der Waals surface area contributed by atoms with E-state index >= 15 is 0 Å². The summed E-state index contributed by atoms with van der Waals surface area (Å²) in [5.74, 6) is 0.0320. The number of rotatable bonds is 12. The van der Waals surface area contributed by atoms with Gasteiger partial charge in [-0.15, -0.1) is 5.10 Å². The summed E-state index contributed by atoms with van der Waals surface area (Å²) < 4.78 is 1.83. The van der Waals surface area contributed by atoms with Crippen LogP contribution in [0, 0.1) is 0 Å². The van der Waals surface area contributed by atoms with Crippen molar-refractivity contribution >= 4 is 11.6 Å². The monoisotopic (exact) mass is 382 g/mol. The van der Waals surface area contributed by atoms with E-state index in [0.717, 1.165) is 30.8 Å². The normalized spacial score (nSPS) is 13.8. The molecule has 2 heterocycles. The molecule has 0 saturated carbocycles. The van der Waals surface area contributed by atoms with E-state index in [1.165, 1.54) is 57.8 Å². The topological polar surface area (TPSA) is 51.0 Å². The largest absolute Gasteiger partial charge is 0.307 e. The van der Waals surface area contributed by atoms with Crippen LogP contribution in [0.3, 0.4) is 0 Å². The third kappa shape index (κ3) is 5.43. The van der Waals surface area contributed by atoms with Crippen molar-refractivity contribution in [2.24, 2.45) is 0 Å². The lowest BCUT2D eigenvalue weighted by Crippen LogP contribution is -2.39. The van der Waals surface area contributed by atoms with E-state index in [9.17, 15) is 4.79 Å². The Hall–Kier alpha value is -2.17.